The first-order chi connectivity index (χ1) is 32.5. The number of hydrogen-bond donors (Lipinski definition) is 6. The summed E-state index contributed by atoms with van der Waals surface area (Å²) in [5.74, 6) is -3.55. The van der Waals surface area contributed by atoms with Crippen molar-refractivity contribution in [1.82, 2.24) is 9.55 Å². The predicted octanol–water partition coefficient (Wildman–Crippen LogP) is 5.99. The van der Waals surface area contributed by atoms with E-state index in [1.54, 1.807) is 0 Å². The van der Waals surface area contributed by atoms with Crippen molar-refractivity contribution >= 4 is 52.3 Å². The third-order valence-electron chi connectivity index (χ3n) is 9.11. The fourth-order valence-electron chi connectivity index (χ4n) is 6.12. The molecule has 0 fully saturated rings. The van der Waals surface area contributed by atoms with E-state index < -0.39 is 100 Å². The standard InChI is InChI=1S/C37H33N6O23P3/c44-29-17-34(64-32(29)21-63-68(56,57)66-69(58,59)65-67(53,54)55)40-14-13-33(39-37(40)46)38-36(45)25-15-30(60-18-22-7-1-4-10-26(22)41(47)48)35(62-20-24-9-3-6-12-28(24)43(51)52)31(16-25)61-19-23-8-2-5-11-27(23)42(49)50/h1-16,34,44H,17-21H2,(H,56,57)(H,58,59)(H2,53,54,55)(H,38,39,45,46)/t34-/m1/s1. The number of benzene rings is 4. The van der Waals surface area contributed by atoms with Crippen molar-refractivity contribution in [3.05, 3.63) is 172 Å². The van der Waals surface area contributed by atoms with E-state index in [9.17, 15) is 68.5 Å². The van der Waals surface area contributed by atoms with Gasteiger partial charge in [-0.2, -0.15) is 13.6 Å². The molecule has 0 spiro atoms. The molecule has 1 amide bonds. The SMILES string of the molecule is O=C(Nc1ccn([C@H]2CC(O)=C(COP(=O)(O)OP(=O)(O)OP(=O)(O)O)O2)c(=O)n1)c1cc(OCc2ccccc2[N+](=O)[O-])c(OCc2ccccc2[N+](=O)[O-])c(OCc2ccccc2[N+](=O)[O-])c1. The lowest BCUT2D eigenvalue weighted by molar-refractivity contribution is -0.386. The number of nitrogens with one attached hydrogen (secondary N) is 1. The summed E-state index contributed by atoms with van der Waals surface area (Å²) in [5, 5.41) is 48.3. The van der Waals surface area contributed by atoms with E-state index in [4.69, 9.17) is 28.7 Å². The molecule has 1 aromatic heterocycles. The molecule has 364 valence electrons. The zero-order valence-corrected chi connectivity index (χ0v) is 37.2. The summed E-state index contributed by atoms with van der Waals surface area (Å²) < 4.78 is 70.6. The average molecular weight is 1020 g/mol. The number of aromatic nitrogens is 2. The number of hydrogen-bond acceptors (Lipinski definition) is 20. The number of phosphoric ester groups is 1. The molecule has 1 aliphatic heterocycles. The maximum atomic E-state index is 13.9. The molecule has 29 nitrogen and oxygen atoms in total. The minimum Gasteiger partial charge on any atom is -0.508 e. The lowest BCUT2D eigenvalue weighted by Gasteiger charge is -2.19. The van der Waals surface area contributed by atoms with Gasteiger partial charge in [0.2, 0.25) is 5.75 Å². The highest BCUT2D eigenvalue weighted by molar-refractivity contribution is 7.66. The third kappa shape index (κ3) is 13.6. The van der Waals surface area contributed by atoms with Crippen LogP contribution in [0.15, 0.2) is 114 Å². The minimum atomic E-state index is -5.86. The Hall–Kier alpha value is -7.42. The van der Waals surface area contributed by atoms with Crippen molar-refractivity contribution in [3.8, 4) is 17.2 Å². The topological polar surface area (TPSA) is 410 Å². The van der Waals surface area contributed by atoms with E-state index >= 15 is 0 Å². The zero-order chi connectivity index (χ0) is 50.3. The van der Waals surface area contributed by atoms with Crippen LogP contribution in [0.4, 0.5) is 22.9 Å². The van der Waals surface area contributed by atoms with Crippen LogP contribution in [-0.2, 0) is 51.4 Å². The Morgan fingerprint density at radius 2 is 1.20 bits per heavy atom. The van der Waals surface area contributed by atoms with Crippen molar-refractivity contribution < 1.29 is 90.0 Å². The van der Waals surface area contributed by atoms with E-state index in [0.29, 0.717) is 0 Å². The van der Waals surface area contributed by atoms with Gasteiger partial charge >= 0.3 is 29.2 Å². The highest BCUT2D eigenvalue weighted by Gasteiger charge is 2.41. The normalized spacial score (nSPS) is 15.3. The molecule has 3 atom stereocenters. The van der Waals surface area contributed by atoms with Crippen molar-refractivity contribution in [3.63, 3.8) is 0 Å². The van der Waals surface area contributed by atoms with Crippen molar-refractivity contribution in [1.29, 1.82) is 0 Å². The summed E-state index contributed by atoms with van der Waals surface area (Å²) in [7, 11) is -17.2. The van der Waals surface area contributed by atoms with Gasteiger partial charge in [0, 0.05) is 30.0 Å². The number of rotatable bonds is 22. The number of nitro benzene ring substituents is 3. The van der Waals surface area contributed by atoms with Crippen molar-refractivity contribution in [2.24, 2.45) is 0 Å². The maximum absolute atomic E-state index is 13.9. The number of para-hydroxylation sites is 3. The molecule has 1 aliphatic rings. The number of ether oxygens (including phenoxy) is 4. The number of carbonyl (C=O) groups is 1. The second-order valence-electron chi connectivity index (χ2n) is 13.8. The van der Waals surface area contributed by atoms with Gasteiger partial charge < -0.3 is 48.9 Å². The summed E-state index contributed by atoms with van der Waals surface area (Å²) in [6.07, 6.45) is -0.839. The van der Waals surface area contributed by atoms with Crippen LogP contribution < -0.4 is 25.2 Å². The van der Waals surface area contributed by atoms with Gasteiger partial charge in [0.15, 0.2) is 23.5 Å². The molecular formula is C37H33N6O23P3. The molecule has 2 unspecified atom stereocenters. The molecule has 0 aliphatic carbocycles. The van der Waals surface area contributed by atoms with Gasteiger partial charge in [-0.05, 0) is 36.4 Å². The Bertz CT molecular complexity index is 2990. The Balaban J connectivity index is 1.28. The highest BCUT2D eigenvalue weighted by Crippen LogP contribution is 2.66. The molecular weight excluding hydrogens is 989 g/mol. The molecule has 0 saturated carbocycles. The van der Waals surface area contributed by atoms with Gasteiger partial charge in [-0.15, -0.1) is 0 Å². The van der Waals surface area contributed by atoms with Crippen LogP contribution in [0.3, 0.4) is 0 Å². The number of amides is 1. The van der Waals surface area contributed by atoms with Gasteiger partial charge in [-0.25, -0.2) is 18.5 Å². The molecule has 6 N–H and O–H groups in total. The zero-order valence-electron chi connectivity index (χ0n) is 34.5. The van der Waals surface area contributed by atoms with Crippen LogP contribution in [0, 0.1) is 30.3 Å². The number of nitro groups is 3. The molecule has 69 heavy (non-hydrogen) atoms. The smallest absolute Gasteiger partial charge is 0.490 e. The van der Waals surface area contributed by atoms with Crippen molar-refractivity contribution in [2.75, 3.05) is 11.9 Å². The molecule has 32 heteroatoms. The number of nitrogens with zero attached hydrogens (tertiary/aromatic N) is 5. The maximum Gasteiger partial charge on any atom is 0.490 e. The average Bonchev–Trinajstić information content (AvgIpc) is 3.64. The van der Waals surface area contributed by atoms with Gasteiger partial charge in [0.1, 0.15) is 38.0 Å². The van der Waals surface area contributed by atoms with E-state index in [0.717, 1.165) is 29.0 Å². The van der Waals surface area contributed by atoms with Crippen LogP contribution in [0.25, 0.3) is 0 Å². The number of aliphatic hydroxyl groups is 1. The van der Waals surface area contributed by atoms with Crippen LogP contribution in [0.5, 0.6) is 17.2 Å². The van der Waals surface area contributed by atoms with Crippen LogP contribution in [-0.4, -0.2) is 61.5 Å². The second kappa shape index (κ2) is 21.3. The minimum absolute atomic E-state index is 0.0651. The van der Waals surface area contributed by atoms with E-state index in [1.165, 1.54) is 72.8 Å². The van der Waals surface area contributed by atoms with E-state index in [1.807, 2.05) is 0 Å². The fraction of sp³-hybridized carbons (Fsp3) is 0.162. The van der Waals surface area contributed by atoms with E-state index in [2.05, 4.69) is 23.4 Å². The Kier molecular flexibility index (Phi) is 15.7. The largest absolute Gasteiger partial charge is 0.508 e. The molecule has 5 aromatic rings. The summed E-state index contributed by atoms with van der Waals surface area (Å²) in [5.41, 5.74) is -2.21. The molecule has 0 bridgehead atoms. The van der Waals surface area contributed by atoms with Crippen LogP contribution in [0.1, 0.15) is 39.7 Å². The number of carbonyl (C=O) groups excluding carboxylic acids is 1. The molecule has 0 saturated heterocycles. The van der Waals surface area contributed by atoms with Crippen LogP contribution in [0.2, 0.25) is 0 Å². The quantitative estimate of drug-likeness (QED) is 0.0263. The highest BCUT2D eigenvalue weighted by atomic mass is 31.3. The lowest BCUT2D eigenvalue weighted by atomic mass is 10.1. The number of aliphatic hydroxyl groups excluding tert-OH is 1. The fourth-order valence-corrected chi connectivity index (χ4v) is 9.09. The first-order valence-corrected chi connectivity index (χ1v) is 23.5. The molecule has 4 aromatic carbocycles. The lowest BCUT2D eigenvalue weighted by Crippen LogP contribution is -2.28. The predicted molar refractivity (Wildman–Crippen MR) is 229 cm³/mol. The molecule has 2 heterocycles. The van der Waals surface area contributed by atoms with Gasteiger partial charge in [0.05, 0.1) is 37.9 Å². The molecule has 6 rings (SSSR count). The third-order valence-corrected chi connectivity index (χ3v) is 12.9. The number of phosphoric acid groups is 3. The summed E-state index contributed by atoms with van der Waals surface area (Å²) in [4.78, 5) is 101. The first kappa shape index (κ1) is 51.0. The molecule has 0 radical (unpaired) electrons. The monoisotopic (exact) mass is 1020 g/mol. The number of anilines is 1. The Morgan fingerprint density at radius 3 is 1.67 bits per heavy atom. The Morgan fingerprint density at radius 1 is 0.725 bits per heavy atom. The second-order valence-corrected chi connectivity index (χ2v) is 18.2. The van der Waals surface area contributed by atoms with Crippen molar-refractivity contribution in [2.45, 2.75) is 32.5 Å². The van der Waals surface area contributed by atoms with E-state index in [-0.39, 0.29) is 62.4 Å². The summed E-state index contributed by atoms with van der Waals surface area (Å²) >= 11 is 0. The first-order valence-electron chi connectivity index (χ1n) is 19.0. The summed E-state index contributed by atoms with van der Waals surface area (Å²) in [6.45, 7) is -2.68. The van der Waals surface area contributed by atoms with Gasteiger partial charge in [-0.1, -0.05) is 36.4 Å². The van der Waals surface area contributed by atoms with Crippen LogP contribution >= 0.6 is 23.5 Å². The van der Waals surface area contributed by atoms with Gasteiger partial charge in [0.25, 0.3) is 23.0 Å². The van der Waals surface area contributed by atoms with Gasteiger partial charge in [-0.3, -0.25) is 44.2 Å². The summed E-state index contributed by atoms with van der Waals surface area (Å²) in [6, 6.07) is 19.9. The Labute approximate surface area is 384 Å².